The number of methoxy groups -OCH3 is 1. The quantitative estimate of drug-likeness (QED) is 0.800. The molecular weight excluding hydrogens is 234 g/mol. The Kier molecular flexibility index (Phi) is 3.23. The highest BCUT2D eigenvalue weighted by Crippen LogP contribution is 2.30. The van der Waals surface area contributed by atoms with E-state index in [1.807, 2.05) is 6.92 Å². The van der Waals surface area contributed by atoms with Gasteiger partial charge in [0.2, 0.25) is 5.91 Å². The van der Waals surface area contributed by atoms with Crippen molar-refractivity contribution in [3.05, 3.63) is 23.8 Å². The number of carbonyl (C=O) groups excluding carboxylic acids is 2. The van der Waals surface area contributed by atoms with E-state index in [1.54, 1.807) is 17.0 Å². The number of carbonyl (C=O) groups is 2. The fourth-order valence-corrected chi connectivity index (χ4v) is 2.21. The average molecular weight is 249 g/mol. The van der Waals surface area contributed by atoms with E-state index in [9.17, 15) is 14.7 Å². The standard InChI is InChI=1S/C13H15NO4/c1-8-5-10(15)3-4-11(8)14-7-9(6-12(14)16)13(17)18-2/h3-5,9,15H,6-7H2,1-2H3. The van der Waals surface area contributed by atoms with Gasteiger partial charge in [0.05, 0.1) is 13.0 Å². The Morgan fingerprint density at radius 2 is 2.22 bits per heavy atom. The van der Waals surface area contributed by atoms with E-state index >= 15 is 0 Å². The van der Waals surface area contributed by atoms with E-state index in [4.69, 9.17) is 0 Å². The van der Waals surface area contributed by atoms with Crippen molar-refractivity contribution >= 4 is 17.6 Å². The first-order chi connectivity index (χ1) is 8.52. The molecule has 1 aromatic carbocycles. The third-order valence-corrected chi connectivity index (χ3v) is 3.13. The lowest BCUT2D eigenvalue weighted by atomic mass is 10.1. The fraction of sp³-hybridized carbons (Fsp3) is 0.385. The van der Waals surface area contributed by atoms with Gasteiger partial charge in [-0.1, -0.05) is 0 Å². The smallest absolute Gasteiger partial charge is 0.311 e. The molecule has 2 rings (SSSR count). The van der Waals surface area contributed by atoms with E-state index in [0.717, 1.165) is 11.3 Å². The fourth-order valence-electron chi connectivity index (χ4n) is 2.21. The van der Waals surface area contributed by atoms with Crippen molar-refractivity contribution in [3.8, 4) is 5.75 Å². The van der Waals surface area contributed by atoms with E-state index in [2.05, 4.69) is 4.74 Å². The van der Waals surface area contributed by atoms with Crippen molar-refractivity contribution in [2.24, 2.45) is 5.92 Å². The monoisotopic (exact) mass is 249 g/mol. The maximum atomic E-state index is 11.9. The number of amides is 1. The van der Waals surface area contributed by atoms with Crippen molar-refractivity contribution in [2.45, 2.75) is 13.3 Å². The summed E-state index contributed by atoms with van der Waals surface area (Å²) in [6.45, 7) is 2.14. The molecule has 1 amide bonds. The predicted octanol–water partition coefficient (Wildman–Crippen LogP) is 1.23. The van der Waals surface area contributed by atoms with Crippen LogP contribution in [0.25, 0.3) is 0 Å². The Bertz CT molecular complexity index is 498. The number of ether oxygens (including phenoxy) is 1. The van der Waals surface area contributed by atoms with Gasteiger partial charge >= 0.3 is 5.97 Å². The minimum Gasteiger partial charge on any atom is -0.508 e. The molecule has 1 atom stereocenters. The number of benzene rings is 1. The largest absolute Gasteiger partial charge is 0.508 e. The lowest BCUT2D eigenvalue weighted by Gasteiger charge is -2.18. The number of phenols is 1. The van der Waals surface area contributed by atoms with E-state index < -0.39 is 5.92 Å². The first-order valence-corrected chi connectivity index (χ1v) is 5.70. The van der Waals surface area contributed by atoms with Crippen LogP contribution in [0.4, 0.5) is 5.69 Å². The van der Waals surface area contributed by atoms with E-state index in [1.165, 1.54) is 13.2 Å². The van der Waals surface area contributed by atoms with Gasteiger partial charge < -0.3 is 14.7 Å². The molecule has 0 aliphatic carbocycles. The van der Waals surface area contributed by atoms with Crippen molar-refractivity contribution < 1.29 is 19.4 Å². The Hall–Kier alpha value is -2.04. The van der Waals surface area contributed by atoms with Crippen molar-refractivity contribution in [3.63, 3.8) is 0 Å². The van der Waals surface area contributed by atoms with Crippen LogP contribution in [-0.2, 0) is 14.3 Å². The van der Waals surface area contributed by atoms with Crippen LogP contribution < -0.4 is 4.90 Å². The first-order valence-electron chi connectivity index (χ1n) is 5.70. The van der Waals surface area contributed by atoms with Crippen LogP contribution in [-0.4, -0.2) is 30.6 Å². The van der Waals surface area contributed by atoms with Crippen LogP contribution in [0.1, 0.15) is 12.0 Å². The molecule has 96 valence electrons. The van der Waals surface area contributed by atoms with Gasteiger partial charge in [0.15, 0.2) is 0 Å². The first kappa shape index (κ1) is 12.4. The van der Waals surface area contributed by atoms with Gasteiger partial charge in [-0.3, -0.25) is 9.59 Å². The molecule has 1 unspecified atom stereocenters. The molecule has 18 heavy (non-hydrogen) atoms. The summed E-state index contributed by atoms with van der Waals surface area (Å²) < 4.78 is 4.66. The average Bonchev–Trinajstić information content (AvgIpc) is 2.70. The lowest BCUT2D eigenvalue weighted by Crippen LogP contribution is -2.26. The number of anilines is 1. The molecule has 0 bridgehead atoms. The summed E-state index contributed by atoms with van der Waals surface area (Å²) in [7, 11) is 1.32. The van der Waals surface area contributed by atoms with Crippen LogP contribution in [0.5, 0.6) is 5.75 Å². The van der Waals surface area contributed by atoms with Gasteiger partial charge in [-0.25, -0.2) is 0 Å². The molecule has 1 heterocycles. The molecule has 0 spiro atoms. The SMILES string of the molecule is COC(=O)C1CC(=O)N(c2ccc(O)cc2C)C1. The summed E-state index contributed by atoms with van der Waals surface area (Å²) in [6, 6.07) is 4.80. The summed E-state index contributed by atoms with van der Waals surface area (Å²) in [5, 5.41) is 9.35. The van der Waals surface area contributed by atoms with Crippen molar-refractivity contribution in [1.29, 1.82) is 0 Å². The topological polar surface area (TPSA) is 66.8 Å². The number of esters is 1. The highest BCUT2D eigenvalue weighted by molar-refractivity contribution is 6.00. The highest BCUT2D eigenvalue weighted by Gasteiger charge is 2.36. The van der Waals surface area contributed by atoms with Gasteiger partial charge in [-0.15, -0.1) is 0 Å². The summed E-state index contributed by atoms with van der Waals surface area (Å²) in [5.41, 5.74) is 1.53. The summed E-state index contributed by atoms with van der Waals surface area (Å²) >= 11 is 0. The van der Waals surface area contributed by atoms with Gasteiger partial charge in [0.25, 0.3) is 0 Å². The number of nitrogens with zero attached hydrogens (tertiary/aromatic N) is 1. The normalized spacial score (nSPS) is 19.1. The predicted molar refractivity (Wildman–Crippen MR) is 65.3 cm³/mol. The lowest BCUT2D eigenvalue weighted by molar-refractivity contribution is -0.145. The number of phenolic OH excluding ortho intramolecular Hbond substituents is 1. The van der Waals surface area contributed by atoms with Crippen molar-refractivity contribution in [1.82, 2.24) is 0 Å². The molecule has 1 fully saturated rings. The third kappa shape index (κ3) is 2.16. The molecule has 0 radical (unpaired) electrons. The minimum atomic E-state index is -0.407. The molecular formula is C13H15NO4. The van der Waals surface area contributed by atoms with Crippen LogP contribution >= 0.6 is 0 Å². The summed E-state index contributed by atoms with van der Waals surface area (Å²) in [5.74, 6) is -0.704. The second-order valence-corrected chi connectivity index (χ2v) is 4.40. The number of hydrogen-bond donors (Lipinski definition) is 1. The maximum absolute atomic E-state index is 11.9. The van der Waals surface area contributed by atoms with Crippen LogP contribution in [0, 0.1) is 12.8 Å². The van der Waals surface area contributed by atoms with Gasteiger partial charge in [-0.2, -0.15) is 0 Å². The van der Waals surface area contributed by atoms with E-state index in [-0.39, 0.29) is 24.0 Å². The number of aryl methyl sites for hydroxylation is 1. The second-order valence-electron chi connectivity index (χ2n) is 4.40. The molecule has 1 N–H and O–H groups in total. The second kappa shape index (κ2) is 4.68. The Morgan fingerprint density at radius 1 is 1.50 bits per heavy atom. The molecule has 5 heteroatoms. The molecule has 0 aromatic heterocycles. The van der Waals surface area contributed by atoms with Gasteiger partial charge in [0, 0.05) is 18.7 Å². The van der Waals surface area contributed by atoms with E-state index in [0.29, 0.717) is 6.54 Å². The summed E-state index contributed by atoms with van der Waals surface area (Å²) in [6.07, 6.45) is 0.174. The Labute approximate surface area is 105 Å². The highest BCUT2D eigenvalue weighted by atomic mass is 16.5. The molecule has 1 aliphatic rings. The summed E-state index contributed by atoms with van der Waals surface area (Å²) in [4.78, 5) is 24.9. The molecule has 1 saturated heterocycles. The van der Waals surface area contributed by atoms with Crippen LogP contribution in [0.3, 0.4) is 0 Å². The minimum absolute atomic E-state index is 0.0980. The molecule has 0 saturated carbocycles. The third-order valence-electron chi connectivity index (χ3n) is 3.13. The van der Waals surface area contributed by atoms with Crippen LogP contribution in [0.2, 0.25) is 0 Å². The number of rotatable bonds is 2. The molecule has 1 aliphatic heterocycles. The number of hydrogen-bond acceptors (Lipinski definition) is 4. The molecule has 1 aromatic rings. The zero-order valence-corrected chi connectivity index (χ0v) is 10.3. The zero-order chi connectivity index (χ0) is 13.3. The van der Waals surface area contributed by atoms with Gasteiger partial charge in [0.1, 0.15) is 5.75 Å². The van der Waals surface area contributed by atoms with Gasteiger partial charge in [-0.05, 0) is 30.7 Å². The van der Waals surface area contributed by atoms with Crippen molar-refractivity contribution in [2.75, 3.05) is 18.6 Å². The molecule has 5 nitrogen and oxygen atoms in total. The Balaban J connectivity index is 2.24. The van der Waals surface area contributed by atoms with Crippen LogP contribution in [0.15, 0.2) is 18.2 Å². The number of aromatic hydroxyl groups is 1. The zero-order valence-electron chi connectivity index (χ0n) is 10.3. The Morgan fingerprint density at radius 3 is 2.83 bits per heavy atom. The maximum Gasteiger partial charge on any atom is 0.311 e.